The van der Waals surface area contributed by atoms with Gasteiger partial charge in [-0.2, -0.15) is 0 Å². The molecule has 1 aliphatic rings. The number of halogens is 2. The van der Waals surface area contributed by atoms with Gasteiger partial charge in [0.2, 0.25) is 5.91 Å². The van der Waals surface area contributed by atoms with Crippen molar-refractivity contribution in [1.82, 2.24) is 9.80 Å². The molecule has 0 aromatic heterocycles. The lowest BCUT2D eigenvalue weighted by molar-refractivity contribution is -0.117. The Morgan fingerprint density at radius 2 is 1.50 bits per heavy atom. The van der Waals surface area contributed by atoms with Crippen LogP contribution < -0.4 is 10.2 Å². The summed E-state index contributed by atoms with van der Waals surface area (Å²) < 4.78 is 26.7. The van der Waals surface area contributed by atoms with E-state index in [9.17, 15) is 23.2 Å². The molecule has 1 saturated heterocycles. The molecule has 0 bridgehead atoms. The minimum absolute atomic E-state index is 0.142. The second-order valence-electron chi connectivity index (χ2n) is 9.42. The number of amides is 3. The van der Waals surface area contributed by atoms with Gasteiger partial charge in [0.05, 0.1) is 0 Å². The maximum absolute atomic E-state index is 13.5. The Bertz CT molecular complexity index is 1290. The Hall–Kier alpha value is -4.27. The molecule has 1 N–H and O–H groups in total. The van der Waals surface area contributed by atoms with E-state index >= 15 is 0 Å². The van der Waals surface area contributed by atoms with Crippen molar-refractivity contribution in [2.45, 2.75) is 19.9 Å². The smallest absolute Gasteiger partial charge is 0.254 e. The molecule has 3 aromatic rings. The Morgan fingerprint density at radius 1 is 0.842 bits per heavy atom. The molecule has 7 nitrogen and oxygen atoms in total. The first-order chi connectivity index (χ1) is 18.2. The molecule has 4 rings (SSSR count). The molecule has 3 amide bonds. The van der Waals surface area contributed by atoms with E-state index in [2.05, 4.69) is 10.2 Å². The fourth-order valence-corrected chi connectivity index (χ4v) is 4.33. The number of piperazine rings is 1. The van der Waals surface area contributed by atoms with Crippen molar-refractivity contribution >= 4 is 29.1 Å². The van der Waals surface area contributed by atoms with Crippen LogP contribution in [0.3, 0.4) is 0 Å². The second-order valence-corrected chi connectivity index (χ2v) is 9.42. The van der Waals surface area contributed by atoms with Gasteiger partial charge < -0.3 is 20.0 Å². The Morgan fingerprint density at radius 3 is 2.11 bits per heavy atom. The Balaban J connectivity index is 1.31. The van der Waals surface area contributed by atoms with Crippen molar-refractivity contribution < 1.29 is 23.2 Å². The lowest BCUT2D eigenvalue weighted by Gasteiger charge is -2.36. The molecule has 0 atom stereocenters. The lowest BCUT2D eigenvalue weighted by Crippen LogP contribution is -2.48. The third-order valence-corrected chi connectivity index (χ3v) is 6.44. The van der Waals surface area contributed by atoms with Gasteiger partial charge in [-0.15, -0.1) is 0 Å². The fourth-order valence-electron chi connectivity index (χ4n) is 4.33. The summed E-state index contributed by atoms with van der Waals surface area (Å²) in [6.45, 7) is 5.77. The van der Waals surface area contributed by atoms with E-state index in [0.717, 1.165) is 5.69 Å². The third-order valence-electron chi connectivity index (χ3n) is 6.44. The number of hydrogen-bond donors (Lipinski definition) is 1. The predicted octanol–water partition coefficient (Wildman–Crippen LogP) is 4.42. The van der Waals surface area contributed by atoms with Crippen molar-refractivity contribution in [3.63, 3.8) is 0 Å². The summed E-state index contributed by atoms with van der Waals surface area (Å²) in [7, 11) is 0. The van der Waals surface area contributed by atoms with Crippen LogP contribution in [0.25, 0.3) is 0 Å². The van der Waals surface area contributed by atoms with Gasteiger partial charge in [0.15, 0.2) is 0 Å². The summed E-state index contributed by atoms with van der Waals surface area (Å²) in [5.74, 6) is -1.74. The fraction of sp³-hybridized carbons (Fsp3) is 0.276. The summed E-state index contributed by atoms with van der Waals surface area (Å²) in [5.41, 5.74) is 2.21. The minimum atomic E-state index is -0.432. The maximum Gasteiger partial charge on any atom is 0.254 e. The van der Waals surface area contributed by atoms with Gasteiger partial charge in [0.25, 0.3) is 11.8 Å². The zero-order chi connectivity index (χ0) is 27.2. The average Bonchev–Trinajstić information content (AvgIpc) is 2.92. The molecule has 198 valence electrons. The highest BCUT2D eigenvalue weighted by Crippen LogP contribution is 2.21. The summed E-state index contributed by atoms with van der Waals surface area (Å²) in [6.07, 6.45) is 0. The van der Waals surface area contributed by atoms with E-state index in [4.69, 9.17) is 0 Å². The zero-order valence-corrected chi connectivity index (χ0v) is 21.4. The first-order valence-electron chi connectivity index (χ1n) is 12.5. The molecule has 3 aromatic carbocycles. The summed E-state index contributed by atoms with van der Waals surface area (Å²) >= 11 is 0. The number of nitrogens with zero attached hydrogens (tertiary/aromatic N) is 3. The molecule has 38 heavy (non-hydrogen) atoms. The lowest BCUT2D eigenvalue weighted by atomic mass is 10.1. The second kappa shape index (κ2) is 11.9. The monoisotopic (exact) mass is 520 g/mol. The molecule has 9 heteroatoms. The van der Waals surface area contributed by atoms with Crippen LogP contribution in [0.4, 0.5) is 20.2 Å². The molecule has 1 fully saturated rings. The van der Waals surface area contributed by atoms with E-state index in [-0.39, 0.29) is 30.3 Å². The SMILES string of the molecule is CC(C)N(CC(=O)Nc1ccc(N2CCN(C(=O)c3cccc(F)c3)CC2)cc1)C(=O)c1ccc(F)cc1. The molecule has 0 saturated carbocycles. The van der Waals surface area contributed by atoms with Gasteiger partial charge in [0, 0.05) is 54.7 Å². The predicted molar refractivity (Wildman–Crippen MR) is 142 cm³/mol. The number of hydrogen-bond acceptors (Lipinski definition) is 4. The minimum Gasteiger partial charge on any atom is -0.368 e. The number of carbonyl (C=O) groups is 3. The molecule has 0 unspecified atom stereocenters. The number of nitrogens with one attached hydrogen (secondary N) is 1. The van der Waals surface area contributed by atoms with Gasteiger partial charge in [-0.05, 0) is 80.6 Å². The standard InChI is InChI=1S/C29H30F2N4O3/c1-20(2)35(29(38)21-6-8-23(30)9-7-21)19-27(36)32-25-10-12-26(13-11-25)33-14-16-34(17-15-33)28(37)22-4-3-5-24(31)18-22/h3-13,18,20H,14-17,19H2,1-2H3,(H,32,36). The van der Waals surface area contributed by atoms with Crippen LogP contribution in [0, 0.1) is 11.6 Å². The van der Waals surface area contributed by atoms with Gasteiger partial charge in [-0.3, -0.25) is 14.4 Å². The van der Waals surface area contributed by atoms with E-state index in [0.29, 0.717) is 43.0 Å². The molecular formula is C29H30F2N4O3. The number of carbonyl (C=O) groups excluding carboxylic acids is 3. The van der Waals surface area contributed by atoms with E-state index in [1.165, 1.54) is 47.4 Å². The molecule has 1 heterocycles. The Labute approximate surface area is 220 Å². The first kappa shape index (κ1) is 26.8. The molecule has 0 aliphatic carbocycles. The summed E-state index contributed by atoms with van der Waals surface area (Å²) in [5, 5.41) is 2.82. The number of rotatable bonds is 7. The van der Waals surface area contributed by atoms with E-state index in [1.807, 2.05) is 26.0 Å². The average molecular weight is 521 g/mol. The van der Waals surface area contributed by atoms with Crippen LogP contribution in [-0.2, 0) is 4.79 Å². The van der Waals surface area contributed by atoms with Gasteiger partial charge in [-0.25, -0.2) is 8.78 Å². The zero-order valence-electron chi connectivity index (χ0n) is 21.4. The quantitative estimate of drug-likeness (QED) is 0.501. The van der Waals surface area contributed by atoms with Crippen LogP contribution in [-0.4, -0.2) is 66.3 Å². The first-order valence-corrected chi connectivity index (χ1v) is 12.5. The van der Waals surface area contributed by atoms with Crippen molar-refractivity contribution in [3.8, 4) is 0 Å². The Kier molecular flexibility index (Phi) is 8.35. The summed E-state index contributed by atoms with van der Waals surface area (Å²) in [6, 6.07) is 18.1. The third kappa shape index (κ3) is 6.53. The molecule has 1 aliphatic heterocycles. The maximum atomic E-state index is 13.5. The topological polar surface area (TPSA) is 73.0 Å². The highest BCUT2D eigenvalue weighted by molar-refractivity contribution is 5.99. The van der Waals surface area contributed by atoms with Gasteiger partial charge in [-0.1, -0.05) is 6.07 Å². The van der Waals surface area contributed by atoms with Crippen molar-refractivity contribution in [2.24, 2.45) is 0 Å². The van der Waals surface area contributed by atoms with Gasteiger partial charge in [0.1, 0.15) is 18.2 Å². The van der Waals surface area contributed by atoms with Crippen molar-refractivity contribution in [3.05, 3.63) is 95.6 Å². The normalized spacial score (nSPS) is 13.4. The molecular weight excluding hydrogens is 490 g/mol. The highest BCUT2D eigenvalue weighted by Gasteiger charge is 2.24. The van der Waals surface area contributed by atoms with Crippen LogP contribution in [0.5, 0.6) is 0 Å². The largest absolute Gasteiger partial charge is 0.368 e. The van der Waals surface area contributed by atoms with Gasteiger partial charge >= 0.3 is 0 Å². The van der Waals surface area contributed by atoms with Crippen LogP contribution in [0.15, 0.2) is 72.8 Å². The molecule has 0 spiro atoms. The van der Waals surface area contributed by atoms with E-state index < -0.39 is 11.6 Å². The number of anilines is 2. The van der Waals surface area contributed by atoms with E-state index in [1.54, 1.807) is 23.1 Å². The van der Waals surface area contributed by atoms with Crippen LogP contribution >= 0.6 is 0 Å². The number of benzene rings is 3. The van der Waals surface area contributed by atoms with Crippen molar-refractivity contribution in [1.29, 1.82) is 0 Å². The van der Waals surface area contributed by atoms with Crippen LogP contribution in [0.1, 0.15) is 34.6 Å². The summed E-state index contributed by atoms with van der Waals surface area (Å²) in [4.78, 5) is 43.5. The van der Waals surface area contributed by atoms with Crippen LogP contribution in [0.2, 0.25) is 0 Å². The molecule has 0 radical (unpaired) electrons. The van der Waals surface area contributed by atoms with Crippen molar-refractivity contribution in [2.75, 3.05) is 42.9 Å². The highest BCUT2D eigenvalue weighted by atomic mass is 19.1.